The van der Waals surface area contributed by atoms with Gasteiger partial charge in [-0.15, -0.1) is 0 Å². The minimum absolute atomic E-state index is 0.0931. The maximum Gasteiger partial charge on any atom is 0.361 e. The highest BCUT2D eigenvalue weighted by molar-refractivity contribution is 5.70. The predicted molar refractivity (Wildman–Crippen MR) is 77.9 cm³/mol. The number of carbonyl (C=O) groups excluding carboxylic acids is 1. The molecule has 0 saturated heterocycles. The van der Waals surface area contributed by atoms with E-state index in [0.29, 0.717) is 11.0 Å². The summed E-state index contributed by atoms with van der Waals surface area (Å²) in [7, 11) is 4.10. The van der Waals surface area contributed by atoms with Gasteiger partial charge >= 0.3 is 5.97 Å². The summed E-state index contributed by atoms with van der Waals surface area (Å²) in [4.78, 5) is 11.6. The molecule has 0 radical (unpaired) electrons. The summed E-state index contributed by atoms with van der Waals surface area (Å²) in [6, 6.07) is 0. The van der Waals surface area contributed by atoms with Crippen LogP contribution < -0.4 is 0 Å². The van der Waals surface area contributed by atoms with Crippen molar-refractivity contribution in [3.8, 4) is 0 Å². The van der Waals surface area contributed by atoms with Gasteiger partial charge in [-0.25, -0.2) is 4.79 Å². The summed E-state index contributed by atoms with van der Waals surface area (Å²) < 4.78 is 5.65. The van der Waals surface area contributed by atoms with E-state index in [1.165, 1.54) is 32.1 Å². The summed E-state index contributed by atoms with van der Waals surface area (Å²) >= 11 is 0. The number of aliphatic hydroxyl groups is 1. The first kappa shape index (κ1) is 18.4. The Bertz CT molecular complexity index is 240. The Morgan fingerprint density at radius 3 is 2.32 bits per heavy atom. The lowest BCUT2D eigenvalue weighted by Gasteiger charge is -2.28. The van der Waals surface area contributed by atoms with Crippen LogP contribution in [0.25, 0.3) is 0 Å². The molecular weight excluding hydrogens is 242 g/mol. The number of nitrogens with zero attached hydrogens (tertiary/aromatic N) is 1. The number of hydrogen-bond donors (Lipinski definition) is 1. The van der Waals surface area contributed by atoms with Crippen LogP contribution in [0.2, 0.25) is 0 Å². The number of rotatable bonds is 11. The van der Waals surface area contributed by atoms with Crippen LogP contribution in [-0.4, -0.2) is 55.5 Å². The molecule has 0 aromatic heterocycles. The van der Waals surface area contributed by atoms with Crippen LogP contribution >= 0.6 is 0 Å². The third-order valence-corrected chi connectivity index (χ3v) is 3.16. The predicted octanol–water partition coefficient (Wildman–Crippen LogP) is 2.35. The zero-order valence-corrected chi connectivity index (χ0v) is 13.2. The molecule has 0 aromatic rings. The number of ether oxygens (including phenoxy) is 1. The van der Waals surface area contributed by atoms with Crippen molar-refractivity contribution in [2.45, 2.75) is 58.5 Å². The number of aliphatic hydroxyl groups excluding tert-OH is 1. The van der Waals surface area contributed by atoms with E-state index < -0.39 is 6.10 Å². The summed E-state index contributed by atoms with van der Waals surface area (Å²) in [5.41, 5.74) is 0. The van der Waals surface area contributed by atoms with Gasteiger partial charge in [-0.2, -0.15) is 0 Å². The highest BCUT2D eigenvalue weighted by Gasteiger charge is 2.20. The molecule has 0 amide bonds. The van der Waals surface area contributed by atoms with Gasteiger partial charge in [0.2, 0.25) is 0 Å². The third-order valence-electron chi connectivity index (χ3n) is 3.16. The van der Waals surface area contributed by atoms with Gasteiger partial charge in [-0.3, -0.25) is 0 Å². The van der Waals surface area contributed by atoms with Gasteiger partial charge < -0.3 is 14.3 Å². The second kappa shape index (κ2) is 10.2. The molecule has 1 atom stereocenters. The Balaban J connectivity index is 3.69. The number of esters is 1. The average Bonchev–Trinajstić information content (AvgIpc) is 2.30. The van der Waals surface area contributed by atoms with Crippen LogP contribution in [0.1, 0.15) is 52.4 Å². The number of carbonyl (C=O) groups is 1. The molecule has 0 rings (SSSR count). The van der Waals surface area contributed by atoms with E-state index in [4.69, 9.17) is 9.84 Å². The fraction of sp³-hybridized carbons (Fsp3) is 0.933. The van der Waals surface area contributed by atoms with Crippen molar-refractivity contribution in [1.29, 1.82) is 0 Å². The lowest BCUT2D eigenvalue weighted by atomic mass is 10.1. The zero-order chi connectivity index (χ0) is 14.7. The SMILES string of the molecule is CCCCCCCC[N+](C)(C)CC(=O)OCC(C)O. The van der Waals surface area contributed by atoms with E-state index in [9.17, 15) is 4.79 Å². The number of likely N-dealkylation sites (N-methyl/N-ethyl adjacent to an activating group) is 1. The summed E-state index contributed by atoms with van der Waals surface area (Å²) in [5, 5.41) is 9.06. The van der Waals surface area contributed by atoms with Crippen molar-refractivity contribution in [2.24, 2.45) is 0 Å². The van der Waals surface area contributed by atoms with Crippen LogP contribution in [0.15, 0.2) is 0 Å². The van der Waals surface area contributed by atoms with Crippen molar-refractivity contribution < 1.29 is 19.1 Å². The molecule has 1 N–H and O–H groups in total. The molecule has 4 nitrogen and oxygen atoms in total. The Hall–Kier alpha value is -0.610. The maximum absolute atomic E-state index is 11.6. The minimum Gasteiger partial charge on any atom is -0.459 e. The molecule has 0 aliphatic carbocycles. The Labute approximate surface area is 118 Å². The van der Waals surface area contributed by atoms with Crippen molar-refractivity contribution in [3.05, 3.63) is 0 Å². The fourth-order valence-electron chi connectivity index (χ4n) is 2.01. The van der Waals surface area contributed by atoms with E-state index in [1.54, 1.807) is 6.92 Å². The standard InChI is InChI=1S/C15H32NO3/c1-5-6-7-8-9-10-11-16(3,4)12-15(18)19-13-14(2)17/h14,17H,5-13H2,1-4H3/q+1. The molecular formula is C15H32NO3+. The molecule has 19 heavy (non-hydrogen) atoms. The minimum atomic E-state index is -0.585. The molecule has 0 aliphatic rings. The first-order valence-electron chi connectivity index (χ1n) is 7.53. The molecule has 0 fully saturated rings. The highest BCUT2D eigenvalue weighted by atomic mass is 16.5. The Kier molecular flexibility index (Phi) is 9.88. The first-order chi connectivity index (χ1) is 8.87. The molecule has 0 heterocycles. The van der Waals surface area contributed by atoms with Crippen LogP contribution in [0.5, 0.6) is 0 Å². The average molecular weight is 274 g/mol. The maximum atomic E-state index is 11.6. The lowest BCUT2D eigenvalue weighted by Crippen LogP contribution is -2.45. The van der Waals surface area contributed by atoms with E-state index >= 15 is 0 Å². The van der Waals surface area contributed by atoms with Crippen molar-refractivity contribution in [1.82, 2.24) is 0 Å². The van der Waals surface area contributed by atoms with Gasteiger partial charge in [0.1, 0.15) is 6.61 Å². The van der Waals surface area contributed by atoms with Gasteiger partial charge in [-0.05, 0) is 19.8 Å². The quantitative estimate of drug-likeness (QED) is 0.357. The topological polar surface area (TPSA) is 46.5 Å². The van der Waals surface area contributed by atoms with Gasteiger partial charge in [-0.1, -0.05) is 32.6 Å². The van der Waals surface area contributed by atoms with Crippen LogP contribution in [0.3, 0.4) is 0 Å². The van der Waals surface area contributed by atoms with Crippen LogP contribution in [0, 0.1) is 0 Å². The number of quaternary nitrogens is 1. The summed E-state index contributed by atoms with van der Waals surface area (Å²) in [6.07, 6.45) is 7.02. The third kappa shape index (κ3) is 12.2. The Morgan fingerprint density at radius 2 is 1.74 bits per heavy atom. The van der Waals surface area contributed by atoms with E-state index in [1.807, 2.05) is 0 Å². The van der Waals surface area contributed by atoms with Gasteiger partial charge in [0, 0.05) is 0 Å². The van der Waals surface area contributed by atoms with Crippen molar-refractivity contribution >= 4 is 5.97 Å². The molecule has 4 heteroatoms. The highest BCUT2D eigenvalue weighted by Crippen LogP contribution is 2.08. The number of hydrogen-bond acceptors (Lipinski definition) is 3. The second-order valence-corrected chi connectivity index (χ2v) is 6.12. The zero-order valence-electron chi connectivity index (χ0n) is 13.2. The van der Waals surface area contributed by atoms with Gasteiger partial charge in [0.15, 0.2) is 6.54 Å². The fourth-order valence-corrected chi connectivity index (χ4v) is 2.01. The normalized spacial score (nSPS) is 13.3. The van der Waals surface area contributed by atoms with Crippen molar-refractivity contribution in [2.75, 3.05) is 33.8 Å². The van der Waals surface area contributed by atoms with Crippen molar-refractivity contribution in [3.63, 3.8) is 0 Å². The summed E-state index contributed by atoms with van der Waals surface area (Å²) in [5.74, 6) is -0.225. The summed E-state index contributed by atoms with van der Waals surface area (Å²) in [6.45, 7) is 5.30. The smallest absolute Gasteiger partial charge is 0.361 e. The van der Waals surface area contributed by atoms with E-state index in [0.717, 1.165) is 13.0 Å². The molecule has 0 spiro atoms. The first-order valence-corrected chi connectivity index (χ1v) is 7.53. The van der Waals surface area contributed by atoms with E-state index in [-0.39, 0.29) is 12.6 Å². The molecule has 0 saturated carbocycles. The molecule has 0 aliphatic heterocycles. The molecule has 0 bridgehead atoms. The lowest BCUT2D eigenvalue weighted by molar-refractivity contribution is -0.883. The molecule has 0 aromatic carbocycles. The monoisotopic (exact) mass is 274 g/mol. The largest absolute Gasteiger partial charge is 0.459 e. The van der Waals surface area contributed by atoms with E-state index in [2.05, 4.69) is 21.0 Å². The Morgan fingerprint density at radius 1 is 1.16 bits per heavy atom. The van der Waals surface area contributed by atoms with Crippen LogP contribution in [0.4, 0.5) is 0 Å². The van der Waals surface area contributed by atoms with Crippen LogP contribution in [-0.2, 0) is 9.53 Å². The number of unbranched alkanes of at least 4 members (excludes halogenated alkanes) is 5. The second-order valence-electron chi connectivity index (χ2n) is 6.12. The molecule has 1 unspecified atom stereocenters. The van der Waals surface area contributed by atoms with Gasteiger partial charge in [0.25, 0.3) is 0 Å². The molecule has 114 valence electrons. The van der Waals surface area contributed by atoms with Gasteiger partial charge in [0.05, 0.1) is 26.7 Å².